The smallest absolute Gasteiger partial charge is 0.160 e. The van der Waals surface area contributed by atoms with Crippen molar-refractivity contribution < 1.29 is 0 Å². The number of hydrogen-bond acceptors (Lipinski definition) is 4. The summed E-state index contributed by atoms with van der Waals surface area (Å²) in [5.74, 6) is 1.57. The molecule has 0 fully saturated rings. The Bertz CT molecular complexity index is 2660. The van der Waals surface area contributed by atoms with E-state index in [-0.39, 0.29) is 6.17 Å². The second-order valence-corrected chi connectivity index (χ2v) is 14.0. The molecule has 0 saturated heterocycles. The van der Waals surface area contributed by atoms with Crippen LogP contribution in [-0.4, -0.2) is 16.2 Å². The number of aryl methyl sites for hydroxylation is 1. The predicted octanol–water partition coefficient (Wildman–Crippen LogP) is 11.1. The molecule has 4 nitrogen and oxygen atoms in total. The van der Waals surface area contributed by atoms with Crippen molar-refractivity contribution in [2.24, 2.45) is 9.98 Å². The van der Waals surface area contributed by atoms with E-state index < -0.39 is 0 Å². The zero-order chi connectivity index (χ0) is 33.0. The van der Waals surface area contributed by atoms with E-state index in [4.69, 9.17) is 9.98 Å². The minimum Gasteiger partial charge on any atom is -0.344 e. The van der Waals surface area contributed by atoms with Crippen molar-refractivity contribution in [2.45, 2.75) is 19.0 Å². The maximum Gasteiger partial charge on any atom is 0.160 e. The summed E-state index contributed by atoms with van der Waals surface area (Å²) in [5, 5.41) is 7.37. The summed E-state index contributed by atoms with van der Waals surface area (Å²) in [6.07, 6.45) is 6.51. The molecule has 1 aliphatic carbocycles. The van der Waals surface area contributed by atoms with Crippen molar-refractivity contribution >= 4 is 60.2 Å². The van der Waals surface area contributed by atoms with Gasteiger partial charge in [-0.1, -0.05) is 127 Å². The van der Waals surface area contributed by atoms with Crippen LogP contribution in [0.5, 0.6) is 0 Å². The molecule has 0 bridgehead atoms. The molecular weight excluding hydrogens is 629 g/mol. The highest BCUT2D eigenvalue weighted by atomic mass is 32.1. The molecule has 5 heteroatoms. The monoisotopic (exact) mass is 660 g/mol. The molecule has 238 valence electrons. The Morgan fingerprint density at radius 3 is 2.24 bits per heavy atom. The van der Waals surface area contributed by atoms with E-state index in [0.29, 0.717) is 0 Å². The van der Waals surface area contributed by atoms with Gasteiger partial charge in [0, 0.05) is 48.1 Å². The fourth-order valence-electron chi connectivity index (χ4n) is 7.58. The fourth-order valence-corrected chi connectivity index (χ4v) is 8.75. The molecule has 2 aromatic heterocycles. The number of nitrogens with one attached hydrogen (secondary N) is 1. The zero-order valence-electron chi connectivity index (χ0n) is 27.3. The average Bonchev–Trinajstić information content (AvgIpc) is 3.73. The highest BCUT2D eigenvalue weighted by Gasteiger charge is 2.24. The van der Waals surface area contributed by atoms with Crippen LogP contribution in [0.1, 0.15) is 40.5 Å². The number of thiophene rings is 1. The molecular formula is C45H32N4S. The SMILES string of the molecule is C1=Cc2c(c3ccc(-c4ccccc4)cc3n2-c2ccc3c(c2)sc2cccc(C4=NC(c5ccccc5)NC(c5ccccc5)=N4)c23)CC1. The summed E-state index contributed by atoms with van der Waals surface area (Å²) in [6, 6.07) is 51.9. The van der Waals surface area contributed by atoms with E-state index in [1.165, 1.54) is 59.1 Å². The molecule has 2 aliphatic rings. The van der Waals surface area contributed by atoms with Gasteiger partial charge in [0.2, 0.25) is 0 Å². The van der Waals surface area contributed by atoms with Gasteiger partial charge in [0.25, 0.3) is 0 Å². The molecule has 0 spiro atoms. The van der Waals surface area contributed by atoms with Crippen LogP contribution in [-0.2, 0) is 6.42 Å². The largest absolute Gasteiger partial charge is 0.344 e. The minimum atomic E-state index is -0.243. The number of rotatable bonds is 5. The van der Waals surface area contributed by atoms with E-state index in [2.05, 4.69) is 155 Å². The first kappa shape index (κ1) is 28.9. The van der Waals surface area contributed by atoms with Gasteiger partial charge in [0.15, 0.2) is 5.84 Å². The van der Waals surface area contributed by atoms with E-state index >= 15 is 0 Å². The molecule has 1 N–H and O–H groups in total. The number of benzene rings is 6. The van der Waals surface area contributed by atoms with Gasteiger partial charge in [-0.25, -0.2) is 9.98 Å². The van der Waals surface area contributed by atoms with Crippen molar-refractivity contribution in [2.75, 3.05) is 0 Å². The van der Waals surface area contributed by atoms with Crippen molar-refractivity contribution in [3.05, 3.63) is 180 Å². The zero-order valence-corrected chi connectivity index (χ0v) is 28.1. The van der Waals surface area contributed by atoms with Crippen molar-refractivity contribution in [1.29, 1.82) is 0 Å². The van der Waals surface area contributed by atoms with Gasteiger partial charge in [-0.15, -0.1) is 11.3 Å². The van der Waals surface area contributed by atoms with Crippen LogP contribution < -0.4 is 5.32 Å². The molecule has 1 atom stereocenters. The third-order valence-electron chi connectivity index (χ3n) is 9.94. The first-order valence-electron chi connectivity index (χ1n) is 17.2. The molecule has 0 amide bonds. The fraction of sp³-hybridized carbons (Fsp3) is 0.0667. The maximum absolute atomic E-state index is 5.22. The molecule has 3 heterocycles. The van der Waals surface area contributed by atoms with Crippen LogP contribution in [0.2, 0.25) is 0 Å². The number of nitrogens with zero attached hydrogens (tertiary/aromatic N) is 3. The van der Waals surface area contributed by atoms with Gasteiger partial charge in [-0.2, -0.15) is 0 Å². The lowest BCUT2D eigenvalue weighted by Crippen LogP contribution is -2.33. The maximum atomic E-state index is 5.22. The Morgan fingerprint density at radius 1 is 0.660 bits per heavy atom. The first-order valence-corrected chi connectivity index (χ1v) is 18.0. The summed E-state index contributed by atoms with van der Waals surface area (Å²) >= 11 is 1.84. The van der Waals surface area contributed by atoms with Gasteiger partial charge >= 0.3 is 0 Å². The van der Waals surface area contributed by atoms with Crippen LogP contribution in [0.15, 0.2) is 162 Å². The first-order chi connectivity index (χ1) is 24.8. The number of amidine groups is 2. The summed E-state index contributed by atoms with van der Waals surface area (Å²) in [4.78, 5) is 10.4. The minimum absolute atomic E-state index is 0.243. The van der Waals surface area contributed by atoms with Gasteiger partial charge < -0.3 is 9.88 Å². The molecule has 0 radical (unpaired) electrons. The normalized spacial score (nSPS) is 15.6. The number of aromatic nitrogens is 1. The lowest BCUT2D eigenvalue weighted by molar-refractivity contribution is 0.674. The molecule has 10 rings (SSSR count). The Morgan fingerprint density at radius 2 is 1.42 bits per heavy atom. The Hall–Kier alpha value is -6.04. The molecule has 1 unspecified atom stereocenters. The summed E-state index contributed by atoms with van der Waals surface area (Å²) in [7, 11) is 0. The topological polar surface area (TPSA) is 41.7 Å². The van der Waals surface area contributed by atoms with Crippen molar-refractivity contribution in [1.82, 2.24) is 9.88 Å². The summed E-state index contributed by atoms with van der Waals surface area (Å²) in [5.41, 5.74) is 10.8. The van der Waals surface area contributed by atoms with E-state index in [9.17, 15) is 0 Å². The standard InChI is InChI=1S/C45H32N4S/c1-4-13-29(14-5-1)32-23-25-35-34-19-10-11-21-38(34)49(39(35)27-32)33-24-26-36-41(28-33)50-40-22-12-20-37(42(36)40)45-47-43(30-15-6-2-7-16-30)46-44(48-45)31-17-8-3-9-18-31/h1-9,11-18,20-28,43H,10,19H2,(H,46,47,48). The number of fused-ring (bicyclic) bond motifs is 6. The Labute approximate surface area is 294 Å². The Kier molecular flexibility index (Phi) is 6.84. The predicted molar refractivity (Wildman–Crippen MR) is 211 cm³/mol. The van der Waals surface area contributed by atoms with Crippen LogP contribution in [0, 0.1) is 0 Å². The average molecular weight is 661 g/mol. The van der Waals surface area contributed by atoms with Gasteiger partial charge in [-0.05, 0) is 65.4 Å². The third kappa shape index (κ3) is 4.81. The van der Waals surface area contributed by atoms with Crippen molar-refractivity contribution in [3.63, 3.8) is 0 Å². The quantitative estimate of drug-likeness (QED) is 0.196. The third-order valence-corrected chi connectivity index (χ3v) is 11.1. The van der Waals surface area contributed by atoms with Crippen LogP contribution in [0.25, 0.3) is 54.0 Å². The second-order valence-electron chi connectivity index (χ2n) is 12.9. The lowest BCUT2D eigenvalue weighted by Gasteiger charge is -2.24. The van der Waals surface area contributed by atoms with Gasteiger partial charge in [0.05, 0.1) is 5.52 Å². The summed E-state index contributed by atoms with van der Waals surface area (Å²) < 4.78 is 4.95. The Balaban J connectivity index is 1.14. The van der Waals surface area contributed by atoms with E-state index in [1.54, 1.807) is 0 Å². The van der Waals surface area contributed by atoms with E-state index in [1.807, 2.05) is 23.5 Å². The number of aliphatic imine (C=N–C) groups is 2. The van der Waals surface area contributed by atoms with Crippen LogP contribution >= 0.6 is 11.3 Å². The van der Waals surface area contributed by atoms with Crippen molar-refractivity contribution in [3.8, 4) is 16.8 Å². The van der Waals surface area contributed by atoms with E-state index in [0.717, 1.165) is 41.2 Å². The molecule has 50 heavy (non-hydrogen) atoms. The van der Waals surface area contributed by atoms with Crippen LogP contribution in [0.3, 0.4) is 0 Å². The molecule has 6 aromatic carbocycles. The van der Waals surface area contributed by atoms with Crippen LogP contribution in [0.4, 0.5) is 0 Å². The number of hydrogen-bond donors (Lipinski definition) is 1. The highest BCUT2D eigenvalue weighted by molar-refractivity contribution is 7.25. The number of allylic oxidation sites excluding steroid dienone is 1. The molecule has 0 saturated carbocycles. The highest BCUT2D eigenvalue weighted by Crippen LogP contribution is 2.41. The molecule has 1 aliphatic heterocycles. The molecule has 8 aromatic rings. The summed E-state index contributed by atoms with van der Waals surface area (Å²) in [6.45, 7) is 0. The lowest BCUT2D eigenvalue weighted by atomic mass is 9.99. The second kappa shape index (κ2) is 11.8. The van der Waals surface area contributed by atoms with Gasteiger partial charge in [0.1, 0.15) is 12.0 Å². The van der Waals surface area contributed by atoms with Gasteiger partial charge in [-0.3, -0.25) is 0 Å².